The highest BCUT2D eigenvalue weighted by atomic mass is 35.5. The Balaban J connectivity index is 1.65. The predicted molar refractivity (Wildman–Crippen MR) is 145 cm³/mol. The van der Waals surface area contributed by atoms with Gasteiger partial charge in [-0.2, -0.15) is 0 Å². The smallest absolute Gasteiger partial charge is 0.343 e. The second-order valence-corrected chi connectivity index (χ2v) is 9.16. The zero-order valence-electron chi connectivity index (χ0n) is 19.9. The minimum atomic E-state index is -0.672. The Morgan fingerprint density at radius 3 is 1.95 bits per heavy atom. The van der Waals surface area contributed by atoms with Crippen LogP contribution >= 0.6 is 46.4 Å². The van der Waals surface area contributed by atoms with Gasteiger partial charge in [0.25, 0.3) is 0 Å². The van der Waals surface area contributed by atoms with Crippen LogP contribution in [0.2, 0.25) is 20.1 Å². The number of hydrogen-bond acceptors (Lipinski definition) is 7. The van der Waals surface area contributed by atoms with Crippen LogP contribution in [0, 0.1) is 0 Å². The van der Waals surface area contributed by atoms with E-state index in [1.807, 2.05) is 35.2 Å². The molecule has 0 aliphatic heterocycles. The van der Waals surface area contributed by atoms with Gasteiger partial charge < -0.3 is 23.8 Å². The van der Waals surface area contributed by atoms with Gasteiger partial charge in [0, 0.05) is 10.7 Å². The molecule has 3 rings (SSSR count). The van der Waals surface area contributed by atoms with Gasteiger partial charge in [-0.15, -0.1) is 0 Å². The molecule has 0 atom stereocenters. The van der Waals surface area contributed by atoms with Crippen LogP contribution in [0.3, 0.4) is 0 Å². The number of carbonyl (C=O) groups excluding carboxylic acids is 2. The molecule has 7 nitrogen and oxygen atoms in total. The van der Waals surface area contributed by atoms with Gasteiger partial charge in [0.05, 0.1) is 42.4 Å². The fourth-order valence-corrected chi connectivity index (χ4v) is 4.53. The Bertz CT molecular complexity index is 1260. The number of hydrogen-bond donors (Lipinski definition) is 0. The largest absolute Gasteiger partial charge is 0.494 e. The first-order valence-electron chi connectivity index (χ1n) is 11.0. The summed E-state index contributed by atoms with van der Waals surface area (Å²) < 4.78 is 21.3. The van der Waals surface area contributed by atoms with Crippen molar-refractivity contribution < 1.29 is 28.5 Å². The third-order valence-electron chi connectivity index (χ3n) is 5.21. The van der Waals surface area contributed by atoms with E-state index in [-0.39, 0.29) is 55.9 Å². The van der Waals surface area contributed by atoms with Crippen LogP contribution in [-0.4, -0.2) is 52.5 Å². The molecule has 0 radical (unpaired) electrons. The van der Waals surface area contributed by atoms with Crippen LogP contribution in [-0.2, 0) is 9.47 Å². The molecule has 0 N–H and O–H groups in total. The molecular formula is C26H23Cl4NO6. The van der Waals surface area contributed by atoms with Crippen LogP contribution in [0.25, 0.3) is 0 Å². The molecule has 0 aliphatic rings. The number of esters is 2. The summed E-state index contributed by atoms with van der Waals surface area (Å²) in [5.41, 5.74) is 1.01. The highest BCUT2D eigenvalue weighted by molar-refractivity contribution is 6.37. The van der Waals surface area contributed by atoms with Crippen molar-refractivity contribution in [1.29, 1.82) is 0 Å². The van der Waals surface area contributed by atoms with E-state index in [0.29, 0.717) is 13.1 Å². The lowest BCUT2D eigenvalue weighted by Gasteiger charge is -2.24. The Hall–Kier alpha value is -2.84. The molecular weight excluding hydrogens is 564 g/mol. The molecule has 0 saturated carbocycles. The number of benzene rings is 3. The van der Waals surface area contributed by atoms with Crippen molar-refractivity contribution in [1.82, 2.24) is 0 Å². The third-order valence-corrected chi connectivity index (χ3v) is 6.32. The molecule has 0 amide bonds. The highest BCUT2D eigenvalue weighted by Crippen LogP contribution is 2.34. The van der Waals surface area contributed by atoms with Crippen LogP contribution < -0.4 is 14.4 Å². The molecule has 3 aromatic rings. The van der Waals surface area contributed by atoms with E-state index in [2.05, 4.69) is 0 Å². The summed E-state index contributed by atoms with van der Waals surface area (Å²) in [6, 6.07) is 15.3. The van der Waals surface area contributed by atoms with Gasteiger partial charge in [-0.25, -0.2) is 9.59 Å². The van der Waals surface area contributed by atoms with E-state index < -0.39 is 11.9 Å². The van der Waals surface area contributed by atoms with E-state index in [0.717, 1.165) is 5.69 Å². The van der Waals surface area contributed by atoms with Gasteiger partial charge in [0.1, 0.15) is 24.3 Å². The van der Waals surface area contributed by atoms with Crippen LogP contribution in [0.5, 0.6) is 11.5 Å². The van der Waals surface area contributed by atoms with Crippen molar-refractivity contribution in [2.75, 3.05) is 45.4 Å². The van der Waals surface area contributed by atoms with Crippen molar-refractivity contribution in [2.24, 2.45) is 0 Å². The maximum atomic E-state index is 12.7. The van der Waals surface area contributed by atoms with Gasteiger partial charge in [0.2, 0.25) is 0 Å². The van der Waals surface area contributed by atoms with Gasteiger partial charge in [-0.1, -0.05) is 64.6 Å². The summed E-state index contributed by atoms with van der Waals surface area (Å²) in [5.74, 6) is -0.988. The average Bonchev–Trinajstić information content (AvgIpc) is 2.88. The number of carbonyl (C=O) groups is 2. The van der Waals surface area contributed by atoms with Crippen LogP contribution in [0.15, 0.2) is 54.6 Å². The zero-order chi connectivity index (χ0) is 26.9. The number of halogens is 4. The molecule has 3 aromatic carbocycles. The van der Waals surface area contributed by atoms with Crippen molar-refractivity contribution in [3.05, 3.63) is 85.8 Å². The minimum Gasteiger partial charge on any atom is -0.494 e. The lowest BCUT2D eigenvalue weighted by molar-refractivity contribution is 0.0501. The lowest BCUT2D eigenvalue weighted by Crippen LogP contribution is -2.32. The molecule has 37 heavy (non-hydrogen) atoms. The van der Waals surface area contributed by atoms with Crippen molar-refractivity contribution in [2.45, 2.75) is 0 Å². The molecule has 0 saturated heterocycles. The number of rotatable bonds is 11. The summed E-state index contributed by atoms with van der Waals surface area (Å²) in [5, 5.41) is 0.881. The lowest BCUT2D eigenvalue weighted by atomic mass is 10.2. The number of para-hydroxylation sites is 1. The average molecular weight is 587 g/mol. The van der Waals surface area contributed by atoms with E-state index in [4.69, 9.17) is 65.4 Å². The first-order chi connectivity index (χ1) is 17.8. The van der Waals surface area contributed by atoms with Crippen molar-refractivity contribution >= 4 is 64.0 Å². The van der Waals surface area contributed by atoms with Gasteiger partial charge in [-0.3, -0.25) is 0 Å². The first-order valence-corrected chi connectivity index (χ1v) is 12.5. The number of anilines is 1. The van der Waals surface area contributed by atoms with Gasteiger partial charge in [-0.05, 0) is 36.4 Å². The standard InChI is InChI=1S/C26H23Cl4NO6/c1-34-23-18(14-16(27)15-21(23)30)25(32)36-12-10-31(17-6-4-3-5-7-17)11-13-37-26(33)22-19(28)8-9-20(29)24(22)35-2/h3-9,14-15H,10-13H2,1-2H3. The van der Waals surface area contributed by atoms with Crippen molar-refractivity contribution in [3.8, 4) is 11.5 Å². The Labute approximate surface area is 234 Å². The Morgan fingerprint density at radius 1 is 0.730 bits per heavy atom. The monoisotopic (exact) mass is 585 g/mol. The number of ether oxygens (including phenoxy) is 4. The van der Waals surface area contributed by atoms with E-state index >= 15 is 0 Å². The summed E-state index contributed by atoms with van der Waals surface area (Å²) in [4.78, 5) is 27.3. The SMILES string of the molecule is COc1c(Cl)cc(Cl)cc1C(=O)OCCN(CCOC(=O)c1c(Cl)ccc(Cl)c1OC)c1ccccc1. The van der Waals surface area contributed by atoms with E-state index in [1.54, 1.807) is 0 Å². The highest BCUT2D eigenvalue weighted by Gasteiger charge is 2.22. The quantitative estimate of drug-likeness (QED) is 0.228. The van der Waals surface area contributed by atoms with E-state index in [9.17, 15) is 9.59 Å². The molecule has 0 spiro atoms. The van der Waals surface area contributed by atoms with Gasteiger partial charge >= 0.3 is 11.9 Å². The molecule has 11 heteroatoms. The van der Waals surface area contributed by atoms with Crippen LogP contribution in [0.1, 0.15) is 20.7 Å². The molecule has 0 aromatic heterocycles. The molecule has 0 fully saturated rings. The predicted octanol–water partition coefficient (Wildman–Crippen LogP) is 6.84. The fraction of sp³-hybridized carbons (Fsp3) is 0.231. The number of methoxy groups -OCH3 is 2. The summed E-state index contributed by atoms with van der Waals surface area (Å²) in [6.07, 6.45) is 0. The van der Waals surface area contributed by atoms with Crippen molar-refractivity contribution in [3.63, 3.8) is 0 Å². The third kappa shape index (κ3) is 7.36. The molecule has 0 bridgehead atoms. The molecule has 196 valence electrons. The maximum absolute atomic E-state index is 12.7. The zero-order valence-corrected chi connectivity index (χ0v) is 23.0. The fourth-order valence-electron chi connectivity index (χ4n) is 3.50. The summed E-state index contributed by atoms with van der Waals surface area (Å²) in [6.45, 7) is 0.666. The second-order valence-electron chi connectivity index (χ2n) is 7.50. The van der Waals surface area contributed by atoms with Gasteiger partial charge in [0.15, 0.2) is 11.5 Å². The Morgan fingerprint density at radius 2 is 1.32 bits per heavy atom. The topological polar surface area (TPSA) is 74.3 Å². The second kappa shape index (κ2) is 13.6. The number of nitrogens with zero attached hydrogens (tertiary/aromatic N) is 1. The Kier molecular flexibility index (Phi) is 10.6. The summed E-state index contributed by atoms with van der Waals surface area (Å²) in [7, 11) is 2.79. The minimum absolute atomic E-state index is 0.0192. The van der Waals surface area contributed by atoms with Crippen LogP contribution in [0.4, 0.5) is 5.69 Å². The molecule has 0 aliphatic carbocycles. The van der Waals surface area contributed by atoms with E-state index in [1.165, 1.54) is 38.5 Å². The maximum Gasteiger partial charge on any atom is 0.343 e. The first kappa shape index (κ1) is 28.7. The normalized spacial score (nSPS) is 10.5. The molecule has 0 heterocycles. The summed E-state index contributed by atoms with van der Waals surface area (Å²) >= 11 is 24.4. The molecule has 0 unspecified atom stereocenters.